The van der Waals surface area contributed by atoms with E-state index in [-0.39, 0.29) is 5.54 Å². The fourth-order valence-electron chi connectivity index (χ4n) is 2.78. The number of rotatable bonds is 3. The van der Waals surface area contributed by atoms with Gasteiger partial charge in [-0.15, -0.1) is 0 Å². The summed E-state index contributed by atoms with van der Waals surface area (Å²) < 4.78 is 5.61. The van der Waals surface area contributed by atoms with Crippen LogP contribution in [0.15, 0.2) is 47.3 Å². The molecule has 0 spiro atoms. The van der Waals surface area contributed by atoms with Gasteiger partial charge in [-0.1, -0.05) is 12.8 Å². The molecule has 0 radical (unpaired) electrons. The number of hydrogen-bond acceptors (Lipinski definition) is 3. The van der Waals surface area contributed by atoms with Crippen LogP contribution in [-0.2, 0) is 5.54 Å². The number of nitrogens with one attached hydrogen (secondary N) is 2. The zero-order valence-electron chi connectivity index (χ0n) is 11.1. The van der Waals surface area contributed by atoms with Gasteiger partial charge < -0.3 is 15.1 Å². The lowest BCUT2D eigenvalue weighted by Gasteiger charge is -2.29. The first-order chi connectivity index (χ1) is 9.78. The number of pyridine rings is 1. The van der Waals surface area contributed by atoms with Crippen molar-refractivity contribution in [3.63, 3.8) is 0 Å². The Kier molecular flexibility index (Phi) is 3.69. The summed E-state index contributed by atoms with van der Waals surface area (Å²) in [4.78, 5) is 4.07. The third kappa shape index (κ3) is 2.67. The van der Waals surface area contributed by atoms with Crippen molar-refractivity contribution in [1.82, 2.24) is 10.3 Å². The molecule has 5 heteroatoms. The van der Waals surface area contributed by atoms with Crippen LogP contribution in [0.4, 0.5) is 5.69 Å². The predicted octanol–water partition coefficient (Wildman–Crippen LogP) is 3.43. The van der Waals surface area contributed by atoms with Crippen molar-refractivity contribution in [3.8, 4) is 0 Å². The van der Waals surface area contributed by atoms with Crippen molar-refractivity contribution >= 4 is 23.0 Å². The minimum atomic E-state index is -0.171. The van der Waals surface area contributed by atoms with E-state index >= 15 is 0 Å². The van der Waals surface area contributed by atoms with Crippen LogP contribution in [0.5, 0.6) is 0 Å². The number of nitrogens with zero attached hydrogens (tertiary/aromatic N) is 1. The summed E-state index contributed by atoms with van der Waals surface area (Å²) in [6, 6.07) is 7.76. The molecule has 0 atom stereocenters. The molecule has 0 aliphatic heterocycles. The number of furan rings is 1. The van der Waals surface area contributed by atoms with Gasteiger partial charge in [-0.2, -0.15) is 0 Å². The molecule has 4 nitrogen and oxygen atoms in total. The molecule has 2 N–H and O–H groups in total. The van der Waals surface area contributed by atoms with Gasteiger partial charge in [0.1, 0.15) is 5.76 Å². The van der Waals surface area contributed by atoms with Gasteiger partial charge in [0.15, 0.2) is 5.11 Å². The van der Waals surface area contributed by atoms with E-state index in [9.17, 15) is 0 Å². The molecule has 1 saturated carbocycles. The lowest BCUT2D eigenvalue weighted by molar-refractivity contribution is 0.317. The van der Waals surface area contributed by atoms with E-state index in [4.69, 9.17) is 16.6 Å². The minimum Gasteiger partial charge on any atom is -0.467 e. The van der Waals surface area contributed by atoms with Crippen LogP contribution < -0.4 is 10.6 Å². The maximum atomic E-state index is 5.61. The van der Waals surface area contributed by atoms with Gasteiger partial charge in [-0.3, -0.25) is 4.98 Å². The molecule has 0 aromatic carbocycles. The molecule has 3 rings (SSSR count). The van der Waals surface area contributed by atoms with Crippen molar-refractivity contribution < 1.29 is 4.42 Å². The Labute approximate surface area is 123 Å². The highest BCUT2D eigenvalue weighted by molar-refractivity contribution is 7.80. The summed E-state index contributed by atoms with van der Waals surface area (Å²) >= 11 is 5.43. The molecule has 0 saturated heterocycles. The van der Waals surface area contributed by atoms with E-state index < -0.39 is 0 Å². The third-order valence-electron chi connectivity index (χ3n) is 3.72. The smallest absolute Gasteiger partial charge is 0.171 e. The van der Waals surface area contributed by atoms with Gasteiger partial charge in [-0.05, 0) is 49.3 Å². The highest BCUT2D eigenvalue weighted by Gasteiger charge is 2.38. The fraction of sp³-hybridized carbons (Fsp3) is 0.333. The number of aromatic nitrogens is 1. The topological polar surface area (TPSA) is 50.1 Å². The second-order valence-electron chi connectivity index (χ2n) is 5.09. The van der Waals surface area contributed by atoms with Crippen LogP contribution in [0, 0.1) is 0 Å². The van der Waals surface area contributed by atoms with Gasteiger partial charge in [0.25, 0.3) is 0 Å². The van der Waals surface area contributed by atoms with E-state index in [0.717, 1.165) is 24.3 Å². The Bertz CT molecular complexity index is 562. The highest BCUT2D eigenvalue weighted by atomic mass is 32.1. The average Bonchev–Trinajstić information content (AvgIpc) is 3.10. The molecule has 2 aromatic rings. The zero-order valence-corrected chi connectivity index (χ0v) is 12.0. The van der Waals surface area contributed by atoms with Crippen LogP contribution >= 0.6 is 12.2 Å². The average molecular weight is 287 g/mol. The Morgan fingerprint density at radius 3 is 2.75 bits per heavy atom. The van der Waals surface area contributed by atoms with Crippen LogP contribution in [0.2, 0.25) is 0 Å². The first-order valence-electron chi connectivity index (χ1n) is 6.82. The van der Waals surface area contributed by atoms with Crippen LogP contribution in [-0.4, -0.2) is 10.1 Å². The number of anilines is 1. The van der Waals surface area contributed by atoms with E-state index in [1.165, 1.54) is 12.8 Å². The molecule has 0 bridgehead atoms. The second kappa shape index (κ2) is 5.63. The SMILES string of the molecule is S=C(Nc1cccnc1)NC1(c2ccco2)CCCC1. The molecule has 2 aromatic heterocycles. The lowest BCUT2D eigenvalue weighted by Crippen LogP contribution is -2.45. The summed E-state index contributed by atoms with van der Waals surface area (Å²) in [5.74, 6) is 0.963. The molecule has 1 aliphatic carbocycles. The van der Waals surface area contributed by atoms with E-state index in [0.29, 0.717) is 5.11 Å². The molecule has 1 aliphatic rings. The summed E-state index contributed by atoms with van der Waals surface area (Å²) in [7, 11) is 0. The molecule has 2 heterocycles. The van der Waals surface area contributed by atoms with Crippen molar-refractivity contribution in [3.05, 3.63) is 48.7 Å². The maximum absolute atomic E-state index is 5.61. The maximum Gasteiger partial charge on any atom is 0.171 e. The summed E-state index contributed by atoms with van der Waals surface area (Å²) in [6.45, 7) is 0. The van der Waals surface area contributed by atoms with Gasteiger partial charge in [0, 0.05) is 6.20 Å². The largest absolute Gasteiger partial charge is 0.467 e. The van der Waals surface area contributed by atoms with Crippen molar-refractivity contribution in [1.29, 1.82) is 0 Å². The standard InChI is InChI=1S/C15H17N3OS/c20-14(17-12-5-3-9-16-11-12)18-15(7-1-2-8-15)13-6-4-10-19-13/h3-6,9-11H,1-2,7-8H2,(H2,17,18,20). The third-order valence-corrected chi connectivity index (χ3v) is 3.93. The van der Waals surface area contributed by atoms with Crippen molar-refractivity contribution in [2.75, 3.05) is 5.32 Å². The van der Waals surface area contributed by atoms with E-state index in [1.54, 1.807) is 18.7 Å². The zero-order chi connectivity index (χ0) is 13.8. The van der Waals surface area contributed by atoms with Crippen LogP contribution in [0.3, 0.4) is 0 Å². The fourth-order valence-corrected chi connectivity index (χ4v) is 3.09. The minimum absolute atomic E-state index is 0.171. The Hall–Kier alpha value is -1.88. The number of hydrogen-bond donors (Lipinski definition) is 2. The molecule has 0 unspecified atom stereocenters. The molecular formula is C15H17N3OS. The summed E-state index contributed by atoms with van der Waals surface area (Å²) in [5.41, 5.74) is 0.716. The monoisotopic (exact) mass is 287 g/mol. The van der Waals surface area contributed by atoms with E-state index in [2.05, 4.69) is 15.6 Å². The molecule has 104 valence electrons. The Morgan fingerprint density at radius 1 is 1.25 bits per heavy atom. The molecular weight excluding hydrogens is 270 g/mol. The van der Waals surface area contributed by atoms with Crippen LogP contribution in [0.1, 0.15) is 31.4 Å². The first kappa shape index (κ1) is 13.1. The number of thiocarbonyl (C=S) groups is 1. The van der Waals surface area contributed by atoms with Gasteiger partial charge in [-0.25, -0.2) is 0 Å². The molecule has 0 amide bonds. The van der Waals surface area contributed by atoms with Gasteiger partial charge in [0.05, 0.1) is 23.7 Å². The normalized spacial score (nSPS) is 16.8. The summed E-state index contributed by atoms with van der Waals surface area (Å²) in [6.07, 6.45) is 9.65. The Morgan fingerprint density at radius 2 is 2.10 bits per heavy atom. The van der Waals surface area contributed by atoms with Gasteiger partial charge >= 0.3 is 0 Å². The second-order valence-corrected chi connectivity index (χ2v) is 5.50. The van der Waals surface area contributed by atoms with Gasteiger partial charge in [0.2, 0.25) is 0 Å². The highest BCUT2D eigenvalue weighted by Crippen LogP contribution is 2.38. The summed E-state index contributed by atoms with van der Waals surface area (Å²) in [5, 5.41) is 7.22. The van der Waals surface area contributed by atoms with Crippen molar-refractivity contribution in [2.45, 2.75) is 31.2 Å². The lowest BCUT2D eigenvalue weighted by atomic mass is 9.94. The first-order valence-corrected chi connectivity index (χ1v) is 7.23. The molecule has 20 heavy (non-hydrogen) atoms. The van der Waals surface area contributed by atoms with Crippen molar-refractivity contribution in [2.24, 2.45) is 0 Å². The predicted molar refractivity (Wildman–Crippen MR) is 82.4 cm³/mol. The molecule has 1 fully saturated rings. The van der Waals surface area contributed by atoms with E-state index in [1.807, 2.05) is 24.3 Å². The van der Waals surface area contributed by atoms with Crippen LogP contribution in [0.25, 0.3) is 0 Å². The Balaban J connectivity index is 1.73. The quantitative estimate of drug-likeness (QED) is 0.847.